The van der Waals surface area contributed by atoms with Crippen LogP contribution in [0.4, 0.5) is 39.9 Å². The molecule has 6 heteroatoms. The molecular weight excluding hydrogens is 940 g/mol. The molecule has 0 aliphatic carbocycles. The van der Waals surface area contributed by atoms with E-state index in [1.54, 1.807) is 0 Å². The Balaban J connectivity index is 0.00000490. The second-order valence-electron chi connectivity index (χ2n) is 17.9. The Hall–Kier alpha value is -6.42. The average molecular weight is 987 g/mol. The zero-order valence-corrected chi connectivity index (χ0v) is 38.0. The van der Waals surface area contributed by atoms with Crippen molar-refractivity contribution in [1.29, 1.82) is 0 Å². The first-order valence-corrected chi connectivity index (χ1v) is 21.0. The van der Waals surface area contributed by atoms with Crippen molar-refractivity contribution >= 4 is 39.9 Å². The van der Waals surface area contributed by atoms with Crippen LogP contribution in [0.25, 0.3) is 33.4 Å². The summed E-state index contributed by atoms with van der Waals surface area (Å²) in [6.45, 7) is 15.9. The van der Waals surface area contributed by atoms with E-state index in [-0.39, 0.29) is 31.9 Å². The Morgan fingerprint density at radius 2 is 1.13 bits per heavy atom. The van der Waals surface area contributed by atoms with Crippen molar-refractivity contribution in [2.75, 3.05) is 14.7 Å². The molecule has 1 aromatic heterocycles. The molecule has 0 N–H and O–H groups in total. The number of aromatic nitrogens is 1. The third-order valence-corrected chi connectivity index (χ3v) is 11.6. The van der Waals surface area contributed by atoms with Gasteiger partial charge in [-0.05, 0) is 81.1 Å². The molecule has 0 saturated heterocycles. The van der Waals surface area contributed by atoms with Gasteiger partial charge in [0.2, 0.25) is 0 Å². The number of pyridine rings is 1. The van der Waals surface area contributed by atoms with Gasteiger partial charge in [-0.2, -0.15) is 12.1 Å². The molecule has 0 spiro atoms. The standard InChI is InChI=1S/C56H47N4O.Pt/c1-55(2,3)40-32-41(56(4,5)6)34-43(33-40)59-37-58(50-23-12-13-24-51(50)59)42-19-16-20-44(35-42)61-45-27-29-49-47-22-11-10-21-46(47)48-28-26-39(38-17-8-7-9-18-38)31-52(48)60(53(49)36-45)54-25-14-15-30-57-54;/h7-34,37H,1-6H3;/q-3;. The molecule has 3 heterocycles. The normalized spacial score (nSPS) is 13.0. The summed E-state index contributed by atoms with van der Waals surface area (Å²) >= 11 is 0. The molecule has 0 unspecified atom stereocenters. The van der Waals surface area contributed by atoms with Crippen LogP contribution in [0.15, 0.2) is 170 Å². The van der Waals surface area contributed by atoms with Crippen molar-refractivity contribution in [3.05, 3.63) is 200 Å². The predicted molar refractivity (Wildman–Crippen MR) is 252 cm³/mol. The van der Waals surface area contributed by atoms with Crippen LogP contribution >= 0.6 is 0 Å². The predicted octanol–water partition coefficient (Wildman–Crippen LogP) is 15.3. The molecule has 7 aromatic carbocycles. The molecule has 310 valence electrons. The summed E-state index contributed by atoms with van der Waals surface area (Å²) in [5, 5.41) is 0. The Morgan fingerprint density at radius 1 is 0.500 bits per heavy atom. The molecule has 62 heavy (non-hydrogen) atoms. The number of fused-ring (bicyclic) bond motifs is 6. The van der Waals surface area contributed by atoms with Gasteiger partial charge in [0.15, 0.2) is 0 Å². The maximum atomic E-state index is 6.73. The summed E-state index contributed by atoms with van der Waals surface area (Å²) in [4.78, 5) is 11.6. The fourth-order valence-corrected chi connectivity index (χ4v) is 8.35. The van der Waals surface area contributed by atoms with Gasteiger partial charge in [-0.3, -0.25) is 0 Å². The molecule has 10 rings (SSSR count). The third kappa shape index (κ3) is 7.60. The number of nitrogens with zero attached hydrogens (tertiary/aromatic N) is 4. The van der Waals surface area contributed by atoms with Crippen LogP contribution < -0.4 is 19.4 Å². The Morgan fingerprint density at radius 3 is 1.82 bits per heavy atom. The number of hydrogen-bond acceptors (Lipinski definition) is 5. The number of rotatable bonds is 6. The van der Waals surface area contributed by atoms with Gasteiger partial charge in [-0.25, -0.2) is 4.98 Å². The second-order valence-corrected chi connectivity index (χ2v) is 17.9. The van der Waals surface area contributed by atoms with E-state index in [0.717, 1.165) is 73.3 Å². The first kappa shape index (κ1) is 41.0. The minimum atomic E-state index is -0.00622. The van der Waals surface area contributed by atoms with Crippen LogP contribution in [0, 0.1) is 18.8 Å². The van der Waals surface area contributed by atoms with Gasteiger partial charge >= 0.3 is 0 Å². The van der Waals surface area contributed by atoms with Crippen molar-refractivity contribution in [2.24, 2.45) is 0 Å². The van der Waals surface area contributed by atoms with Gasteiger partial charge in [0, 0.05) is 61.4 Å². The second kappa shape index (κ2) is 16.1. The van der Waals surface area contributed by atoms with Crippen molar-refractivity contribution in [3.8, 4) is 44.9 Å². The van der Waals surface area contributed by atoms with E-state index in [2.05, 4.69) is 202 Å². The zero-order chi connectivity index (χ0) is 41.9. The molecule has 2 aliphatic rings. The third-order valence-electron chi connectivity index (χ3n) is 11.6. The Labute approximate surface area is 380 Å². The maximum absolute atomic E-state index is 6.73. The molecular formula is C56H47N4OPt-3. The summed E-state index contributed by atoms with van der Waals surface area (Å²) in [6, 6.07) is 65.0. The van der Waals surface area contributed by atoms with E-state index >= 15 is 0 Å². The summed E-state index contributed by atoms with van der Waals surface area (Å²) in [5.41, 5.74) is 15.4. The molecule has 0 bridgehead atoms. The molecule has 2 aliphatic heterocycles. The van der Waals surface area contributed by atoms with E-state index in [0.29, 0.717) is 11.5 Å². The van der Waals surface area contributed by atoms with Crippen LogP contribution in [0.2, 0.25) is 0 Å². The Kier molecular flexibility index (Phi) is 10.7. The topological polar surface area (TPSA) is 31.8 Å². The minimum Gasteiger partial charge on any atom is -0.509 e. The van der Waals surface area contributed by atoms with Gasteiger partial charge in [0.05, 0.1) is 5.69 Å². The molecule has 0 radical (unpaired) electrons. The minimum absolute atomic E-state index is 0. The summed E-state index contributed by atoms with van der Waals surface area (Å²) in [6.07, 6.45) is 1.84. The fraction of sp³-hybridized carbons (Fsp3) is 0.143. The summed E-state index contributed by atoms with van der Waals surface area (Å²) < 4.78 is 6.73. The van der Waals surface area contributed by atoms with E-state index in [4.69, 9.17) is 9.72 Å². The molecule has 0 amide bonds. The average Bonchev–Trinajstić information content (AvgIpc) is 3.61. The van der Waals surface area contributed by atoms with Crippen LogP contribution in [0.3, 0.4) is 0 Å². The molecule has 0 saturated carbocycles. The van der Waals surface area contributed by atoms with Crippen molar-refractivity contribution in [3.63, 3.8) is 0 Å². The van der Waals surface area contributed by atoms with Crippen molar-refractivity contribution in [2.45, 2.75) is 52.4 Å². The fourth-order valence-electron chi connectivity index (χ4n) is 8.35. The van der Waals surface area contributed by atoms with Crippen molar-refractivity contribution in [1.82, 2.24) is 4.98 Å². The van der Waals surface area contributed by atoms with Crippen LogP contribution in [-0.2, 0) is 31.9 Å². The number of ether oxygens (including phenoxy) is 1. The first-order valence-electron chi connectivity index (χ1n) is 21.0. The largest absolute Gasteiger partial charge is 0.509 e. The van der Waals surface area contributed by atoms with Gasteiger partial charge < -0.3 is 19.4 Å². The van der Waals surface area contributed by atoms with Gasteiger partial charge in [-0.15, -0.1) is 48.3 Å². The van der Waals surface area contributed by atoms with Gasteiger partial charge in [0.1, 0.15) is 5.82 Å². The maximum Gasteiger partial charge on any atom is 0.135 e. The van der Waals surface area contributed by atoms with E-state index in [9.17, 15) is 0 Å². The quantitative estimate of drug-likeness (QED) is 0.155. The molecule has 0 fully saturated rings. The first-order chi connectivity index (χ1) is 29.5. The summed E-state index contributed by atoms with van der Waals surface area (Å²) in [5.74, 6) is 1.96. The number of hydrogen-bond donors (Lipinski definition) is 0. The summed E-state index contributed by atoms with van der Waals surface area (Å²) in [7, 11) is 0. The van der Waals surface area contributed by atoms with E-state index < -0.39 is 0 Å². The molecule has 8 aromatic rings. The number of anilines is 7. The number of para-hydroxylation sites is 2. The molecule has 0 atom stereocenters. The number of benzene rings is 7. The molecule has 5 nitrogen and oxygen atoms in total. The SMILES string of the molecule is CC(C)(C)c1cc(N2[CH-]N(c3[c-]c(Oc4[c-]c5c(cc4)-c4ccccc4-c4ccc(-c6ccccc6)cc4N5c4ccccn4)ccc3)c3ccccc32)cc(C(C)(C)C)c1.[Pt]. The van der Waals surface area contributed by atoms with E-state index in [1.165, 1.54) is 11.1 Å². The van der Waals surface area contributed by atoms with Crippen LogP contribution in [0.1, 0.15) is 52.7 Å². The van der Waals surface area contributed by atoms with Crippen molar-refractivity contribution < 1.29 is 25.8 Å². The van der Waals surface area contributed by atoms with E-state index in [1.807, 2.05) is 42.6 Å². The van der Waals surface area contributed by atoms with Crippen LogP contribution in [0.5, 0.6) is 11.5 Å². The van der Waals surface area contributed by atoms with Gasteiger partial charge in [-0.1, -0.05) is 144 Å². The smallest absolute Gasteiger partial charge is 0.135 e. The monoisotopic (exact) mass is 986 g/mol. The zero-order valence-electron chi connectivity index (χ0n) is 35.8. The van der Waals surface area contributed by atoms with Gasteiger partial charge in [0.25, 0.3) is 0 Å². The Bertz CT molecular complexity index is 2880. The van der Waals surface area contributed by atoms with Crippen LogP contribution in [-0.4, -0.2) is 4.98 Å².